The third-order valence-electron chi connectivity index (χ3n) is 5.86. The van der Waals surface area contributed by atoms with Crippen LogP contribution in [0.4, 0.5) is 10.8 Å². The summed E-state index contributed by atoms with van der Waals surface area (Å²) in [4.78, 5) is 18.6. The van der Waals surface area contributed by atoms with E-state index in [4.69, 9.17) is 29.4 Å². The number of nitrogens with zero attached hydrogens (tertiary/aromatic N) is 1. The molecule has 2 aromatic carbocycles. The monoisotopic (exact) mass is 586 g/mol. The van der Waals surface area contributed by atoms with Crippen LogP contribution in [0.3, 0.4) is 0 Å². The van der Waals surface area contributed by atoms with Crippen molar-refractivity contribution in [2.45, 2.75) is 13.8 Å². The molecule has 0 saturated heterocycles. The number of carbonyl (C=O) groups is 1. The second kappa shape index (κ2) is 19.3. The molecule has 1 heterocycles. The maximum absolute atomic E-state index is 12.9. The third-order valence-corrected chi connectivity index (χ3v) is 6.75. The van der Waals surface area contributed by atoms with E-state index in [2.05, 4.69) is 15.6 Å². The van der Waals surface area contributed by atoms with Gasteiger partial charge in [-0.2, -0.15) is 0 Å². The summed E-state index contributed by atoms with van der Waals surface area (Å²) in [5.74, 6) is -0.173. The van der Waals surface area contributed by atoms with E-state index < -0.39 is 0 Å². The van der Waals surface area contributed by atoms with Gasteiger partial charge >= 0.3 is 0 Å². The number of nitrogens with two attached hydrogens (primary N) is 1. The van der Waals surface area contributed by atoms with Gasteiger partial charge in [-0.3, -0.25) is 10.1 Å². The Morgan fingerprint density at radius 2 is 1.39 bits per heavy atom. The Hall–Kier alpha value is -2.90. The maximum Gasteiger partial charge on any atom is 0.257 e. The van der Waals surface area contributed by atoms with Crippen LogP contribution < -0.4 is 16.4 Å². The minimum atomic E-state index is -0.173. The fourth-order valence-corrected chi connectivity index (χ4v) is 4.67. The number of hydrogen-bond donors (Lipinski definition) is 3. The summed E-state index contributed by atoms with van der Waals surface area (Å²) >= 11 is 1.47. The minimum Gasteiger partial charge on any atom is -0.383 e. The summed E-state index contributed by atoms with van der Waals surface area (Å²) in [5.41, 5.74) is 9.69. The van der Waals surface area contributed by atoms with Gasteiger partial charge in [-0.15, -0.1) is 11.3 Å². The molecule has 0 saturated carbocycles. The molecular formula is C30H42N4O6S. The van der Waals surface area contributed by atoms with Crippen LogP contribution in [-0.4, -0.2) is 90.0 Å². The molecule has 1 aromatic heterocycles. The van der Waals surface area contributed by atoms with E-state index in [-0.39, 0.29) is 5.91 Å². The average Bonchev–Trinajstić information content (AvgIpc) is 3.34. The SMILES string of the molecule is Cc1cc(NCCOCCOCCOCCOCCOCCN)ccc1C(=O)Nc1nc(-c2ccccc2)c(C)s1. The molecule has 0 aliphatic heterocycles. The van der Waals surface area contributed by atoms with Gasteiger partial charge in [0, 0.05) is 34.8 Å². The second-order valence-electron chi connectivity index (χ2n) is 9.05. The van der Waals surface area contributed by atoms with Crippen LogP contribution in [0.1, 0.15) is 20.8 Å². The van der Waals surface area contributed by atoms with Crippen molar-refractivity contribution < 1.29 is 28.5 Å². The molecule has 0 radical (unpaired) electrons. The van der Waals surface area contributed by atoms with Crippen molar-refractivity contribution in [1.82, 2.24) is 4.98 Å². The molecule has 4 N–H and O–H groups in total. The van der Waals surface area contributed by atoms with Crippen molar-refractivity contribution in [1.29, 1.82) is 0 Å². The molecule has 0 atom stereocenters. The fraction of sp³-hybridized carbons (Fsp3) is 0.467. The topological polar surface area (TPSA) is 126 Å². The Balaban J connectivity index is 1.24. The van der Waals surface area contributed by atoms with Gasteiger partial charge in [-0.25, -0.2) is 4.98 Å². The third kappa shape index (κ3) is 12.2. The van der Waals surface area contributed by atoms with Gasteiger partial charge < -0.3 is 34.7 Å². The number of anilines is 2. The summed E-state index contributed by atoms with van der Waals surface area (Å²) in [7, 11) is 0. The molecule has 41 heavy (non-hydrogen) atoms. The number of carbonyl (C=O) groups excluding carboxylic acids is 1. The molecule has 11 heteroatoms. The maximum atomic E-state index is 12.9. The lowest BCUT2D eigenvalue weighted by atomic mass is 10.1. The first-order valence-electron chi connectivity index (χ1n) is 13.9. The van der Waals surface area contributed by atoms with E-state index in [1.165, 1.54) is 11.3 Å². The largest absolute Gasteiger partial charge is 0.383 e. The highest BCUT2D eigenvalue weighted by Gasteiger charge is 2.15. The molecule has 0 bridgehead atoms. The van der Waals surface area contributed by atoms with E-state index in [9.17, 15) is 4.79 Å². The number of rotatable bonds is 21. The predicted octanol–water partition coefficient (Wildman–Crippen LogP) is 4.13. The number of ether oxygens (including phenoxy) is 5. The van der Waals surface area contributed by atoms with Crippen molar-refractivity contribution in [2.75, 3.05) is 89.8 Å². The number of nitrogens with one attached hydrogen (secondary N) is 2. The molecule has 0 spiro atoms. The lowest BCUT2D eigenvalue weighted by Crippen LogP contribution is -2.16. The van der Waals surface area contributed by atoms with Crippen LogP contribution in [-0.2, 0) is 23.7 Å². The Kier molecular flexibility index (Phi) is 15.3. The van der Waals surface area contributed by atoms with E-state index in [1.54, 1.807) is 0 Å². The Morgan fingerprint density at radius 3 is 1.98 bits per heavy atom. The van der Waals surface area contributed by atoms with Crippen LogP contribution in [0.2, 0.25) is 0 Å². The molecule has 0 aliphatic carbocycles. The number of benzene rings is 2. The quantitative estimate of drug-likeness (QED) is 0.158. The predicted molar refractivity (Wildman–Crippen MR) is 163 cm³/mol. The van der Waals surface area contributed by atoms with Gasteiger partial charge in [-0.1, -0.05) is 30.3 Å². The zero-order chi connectivity index (χ0) is 29.1. The lowest BCUT2D eigenvalue weighted by Gasteiger charge is -2.11. The highest BCUT2D eigenvalue weighted by Crippen LogP contribution is 2.30. The van der Waals surface area contributed by atoms with Crippen molar-refractivity contribution in [3.8, 4) is 11.3 Å². The highest BCUT2D eigenvalue weighted by atomic mass is 32.1. The summed E-state index contributed by atoms with van der Waals surface area (Å²) in [5, 5.41) is 6.87. The summed E-state index contributed by atoms with van der Waals surface area (Å²) in [6.45, 7) is 10.4. The number of hydrogen-bond acceptors (Lipinski definition) is 10. The van der Waals surface area contributed by atoms with E-state index in [0.29, 0.717) is 89.9 Å². The van der Waals surface area contributed by atoms with Crippen LogP contribution in [0.5, 0.6) is 0 Å². The van der Waals surface area contributed by atoms with Crippen molar-refractivity contribution in [3.63, 3.8) is 0 Å². The van der Waals surface area contributed by atoms with Gasteiger partial charge in [0.25, 0.3) is 5.91 Å². The van der Waals surface area contributed by atoms with Crippen LogP contribution in [0, 0.1) is 13.8 Å². The van der Waals surface area contributed by atoms with Crippen LogP contribution in [0.15, 0.2) is 48.5 Å². The van der Waals surface area contributed by atoms with Crippen LogP contribution in [0.25, 0.3) is 11.3 Å². The van der Waals surface area contributed by atoms with E-state index in [1.807, 2.05) is 62.4 Å². The van der Waals surface area contributed by atoms with Gasteiger partial charge in [0.1, 0.15) is 0 Å². The molecular weight excluding hydrogens is 544 g/mol. The van der Waals surface area contributed by atoms with Crippen molar-refractivity contribution in [2.24, 2.45) is 5.73 Å². The Morgan fingerprint density at radius 1 is 0.805 bits per heavy atom. The molecule has 0 aliphatic rings. The number of aromatic nitrogens is 1. The van der Waals surface area contributed by atoms with Gasteiger partial charge in [0.15, 0.2) is 5.13 Å². The van der Waals surface area contributed by atoms with E-state index >= 15 is 0 Å². The zero-order valence-corrected chi connectivity index (χ0v) is 24.8. The number of aryl methyl sites for hydroxylation is 2. The van der Waals surface area contributed by atoms with Crippen LogP contribution >= 0.6 is 11.3 Å². The molecule has 10 nitrogen and oxygen atoms in total. The Bertz CT molecular complexity index is 1160. The standard InChI is InChI=1S/C30H42N4O6S/c1-23-22-26(32-11-13-37-15-17-39-19-21-40-20-18-38-16-14-36-12-10-31)8-9-27(23)29(35)34-30-33-28(24(2)41-30)25-6-4-3-5-7-25/h3-9,22,32H,10-21,31H2,1-2H3,(H,33,34,35). The second-order valence-corrected chi connectivity index (χ2v) is 10.3. The molecule has 1 amide bonds. The van der Waals surface area contributed by atoms with Crippen molar-refractivity contribution in [3.05, 3.63) is 64.5 Å². The molecule has 0 unspecified atom stereocenters. The Labute approximate surface area is 246 Å². The van der Waals surface area contributed by atoms with Gasteiger partial charge in [0.05, 0.1) is 71.8 Å². The summed E-state index contributed by atoms with van der Waals surface area (Å²) in [6.07, 6.45) is 0. The lowest BCUT2D eigenvalue weighted by molar-refractivity contribution is -0.00985. The summed E-state index contributed by atoms with van der Waals surface area (Å²) in [6, 6.07) is 15.7. The highest BCUT2D eigenvalue weighted by molar-refractivity contribution is 7.16. The zero-order valence-electron chi connectivity index (χ0n) is 24.0. The molecule has 3 rings (SSSR count). The molecule has 224 valence electrons. The first-order chi connectivity index (χ1) is 20.1. The smallest absolute Gasteiger partial charge is 0.257 e. The van der Waals surface area contributed by atoms with E-state index in [0.717, 1.165) is 27.4 Å². The number of thiazole rings is 1. The van der Waals surface area contributed by atoms with Crippen molar-refractivity contribution >= 4 is 28.1 Å². The summed E-state index contributed by atoms with van der Waals surface area (Å²) < 4.78 is 27.2. The first kappa shape index (κ1) is 32.6. The molecule has 3 aromatic rings. The number of amides is 1. The molecule has 0 fully saturated rings. The van der Waals surface area contributed by atoms with Gasteiger partial charge in [0.2, 0.25) is 0 Å². The minimum absolute atomic E-state index is 0.173. The normalized spacial score (nSPS) is 11.1. The fourth-order valence-electron chi connectivity index (χ4n) is 3.84. The average molecular weight is 587 g/mol. The van der Waals surface area contributed by atoms with Gasteiger partial charge in [-0.05, 0) is 37.6 Å². The first-order valence-corrected chi connectivity index (χ1v) is 14.7.